The van der Waals surface area contributed by atoms with Crippen molar-refractivity contribution in [3.8, 4) is 0 Å². The van der Waals surface area contributed by atoms with Gasteiger partial charge in [0.2, 0.25) is 21.8 Å². The van der Waals surface area contributed by atoms with Crippen LogP contribution in [0.25, 0.3) is 0 Å². The molecule has 0 fully saturated rings. The van der Waals surface area contributed by atoms with Crippen LogP contribution in [-0.4, -0.2) is 50.5 Å². The number of hydrogen-bond donors (Lipinski definition) is 1. The molecule has 0 aromatic heterocycles. The molecule has 7 nitrogen and oxygen atoms in total. The highest BCUT2D eigenvalue weighted by molar-refractivity contribution is 9.10. The molecule has 0 heterocycles. The van der Waals surface area contributed by atoms with Gasteiger partial charge in [0.25, 0.3) is 0 Å². The zero-order valence-electron chi connectivity index (χ0n) is 25.0. The molecule has 3 aromatic rings. The van der Waals surface area contributed by atoms with Crippen molar-refractivity contribution >= 4 is 43.5 Å². The van der Waals surface area contributed by atoms with Crippen molar-refractivity contribution in [2.45, 2.75) is 65.5 Å². The van der Waals surface area contributed by atoms with Crippen LogP contribution in [0.15, 0.2) is 77.3 Å². The Balaban J connectivity index is 1.88. The molecule has 0 aliphatic carbocycles. The van der Waals surface area contributed by atoms with Gasteiger partial charge in [0, 0.05) is 36.9 Å². The van der Waals surface area contributed by atoms with E-state index in [0.29, 0.717) is 25.1 Å². The molecule has 0 saturated heterocycles. The minimum Gasteiger partial charge on any atom is -0.354 e. The first-order valence-corrected chi connectivity index (χ1v) is 17.0. The van der Waals surface area contributed by atoms with Crippen LogP contribution in [0.3, 0.4) is 0 Å². The van der Waals surface area contributed by atoms with Crippen LogP contribution in [0.2, 0.25) is 0 Å². The SMILES string of the molecule is CCCCNC(=O)C(Cc1ccccc1)N(Cc1ccc(Br)cc1)C(=O)CCCN(c1cc(C)cc(C)c1)S(C)(=O)=O. The second-order valence-corrected chi connectivity index (χ2v) is 13.6. The first-order valence-electron chi connectivity index (χ1n) is 14.4. The average molecular weight is 657 g/mol. The van der Waals surface area contributed by atoms with Gasteiger partial charge in [-0.15, -0.1) is 0 Å². The molecule has 0 radical (unpaired) electrons. The Morgan fingerprint density at radius 3 is 2.14 bits per heavy atom. The maximum absolute atomic E-state index is 13.9. The summed E-state index contributed by atoms with van der Waals surface area (Å²) in [6.45, 7) is 6.89. The topological polar surface area (TPSA) is 86.8 Å². The van der Waals surface area contributed by atoms with Gasteiger partial charge in [-0.2, -0.15) is 0 Å². The van der Waals surface area contributed by atoms with Crippen molar-refractivity contribution in [2.75, 3.05) is 23.7 Å². The highest BCUT2D eigenvalue weighted by Crippen LogP contribution is 2.23. The number of nitrogens with zero attached hydrogens (tertiary/aromatic N) is 2. The van der Waals surface area contributed by atoms with Crippen LogP contribution in [0.4, 0.5) is 5.69 Å². The minimum atomic E-state index is -3.57. The molecule has 0 bridgehead atoms. The Kier molecular flexibility index (Phi) is 12.6. The second-order valence-electron chi connectivity index (χ2n) is 10.8. The average Bonchev–Trinajstić information content (AvgIpc) is 2.93. The first kappa shape index (κ1) is 33.3. The molecular weight excluding hydrogens is 614 g/mol. The Bertz CT molecular complexity index is 1410. The maximum atomic E-state index is 13.9. The number of hydrogen-bond acceptors (Lipinski definition) is 4. The van der Waals surface area contributed by atoms with Gasteiger partial charge in [-0.3, -0.25) is 13.9 Å². The molecule has 2 amide bonds. The minimum absolute atomic E-state index is 0.0981. The Hall–Kier alpha value is -3.17. The summed E-state index contributed by atoms with van der Waals surface area (Å²) in [7, 11) is -3.57. The fourth-order valence-corrected chi connectivity index (χ4v) is 6.16. The Labute approximate surface area is 259 Å². The van der Waals surface area contributed by atoms with Crippen LogP contribution in [-0.2, 0) is 32.6 Å². The number of carbonyl (C=O) groups is 2. The largest absolute Gasteiger partial charge is 0.354 e. The van der Waals surface area contributed by atoms with Crippen molar-refractivity contribution < 1.29 is 18.0 Å². The van der Waals surface area contributed by atoms with Crippen molar-refractivity contribution in [1.29, 1.82) is 0 Å². The number of sulfonamides is 1. The molecular formula is C33H42BrN3O4S. The third-order valence-electron chi connectivity index (χ3n) is 7.01. The fourth-order valence-electron chi connectivity index (χ4n) is 4.95. The van der Waals surface area contributed by atoms with Crippen molar-refractivity contribution in [1.82, 2.24) is 10.2 Å². The standard InChI is InChI=1S/C33H42BrN3O4S/c1-5-6-18-35-33(39)31(23-27-11-8-7-9-12-27)36(24-28-14-16-29(34)17-15-28)32(38)13-10-19-37(42(4,40)41)30-21-25(2)20-26(3)22-30/h7-9,11-12,14-17,20-22,31H,5-6,10,13,18-19,23-24H2,1-4H3,(H,35,39). The number of aryl methyl sites for hydroxylation is 2. The summed E-state index contributed by atoms with van der Waals surface area (Å²) in [5.74, 6) is -0.385. The van der Waals surface area contributed by atoms with E-state index >= 15 is 0 Å². The quantitative estimate of drug-likeness (QED) is 0.199. The maximum Gasteiger partial charge on any atom is 0.243 e. The summed E-state index contributed by atoms with van der Waals surface area (Å²) in [6.07, 6.45) is 3.76. The van der Waals surface area contributed by atoms with Crippen LogP contribution in [0, 0.1) is 13.8 Å². The third-order valence-corrected chi connectivity index (χ3v) is 8.74. The first-order chi connectivity index (χ1) is 20.0. The normalized spacial score (nSPS) is 12.0. The van der Waals surface area contributed by atoms with Gasteiger partial charge in [0.15, 0.2) is 0 Å². The van der Waals surface area contributed by atoms with Gasteiger partial charge in [0.1, 0.15) is 6.04 Å². The van der Waals surface area contributed by atoms with Gasteiger partial charge in [-0.1, -0.05) is 77.8 Å². The van der Waals surface area contributed by atoms with Gasteiger partial charge in [0.05, 0.1) is 11.9 Å². The van der Waals surface area contributed by atoms with E-state index in [1.54, 1.807) is 4.90 Å². The third kappa shape index (κ3) is 10.3. The molecule has 1 unspecified atom stereocenters. The summed E-state index contributed by atoms with van der Waals surface area (Å²) < 4.78 is 27.7. The van der Waals surface area contributed by atoms with Crippen molar-refractivity contribution in [2.24, 2.45) is 0 Å². The van der Waals surface area contributed by atoms with E-state index in [4.69, 9.17) is 0 Å². The number of halogens is 1. The molecule has 0 aliphatic rings. The van der Waals surface area contributed by atoms with Crippen LogP contribution in [0.1, 0.15) is 54.9 Å². The van der Waals surface area contributed by atoms with E-state index < -0.39 is 16.1 Å². The van der Waals surface area contributed by atoms with Crippen LogP contribution in [0.5, 0.6) is 0 Å². The van der Waals surface area contributed by atoms with E-state index in [1.165, 1.54) is 10.6 Å². The Morgan fingerprint density at radius 1 is 0.905 bits per heavy atom. The molecule has 226 valence electrons. The molecule has 3 rings (SSSR count). The second kappa shape index (κ2) is 15.9. The van der Waals surface area contributed by atoms with Gasteiger partial charge in [-0.25, -0.2) is 8.42 Å². The van der Waals surface area contributed by atoms with Gasteiger partial charge < -0.3 is 10.2 Å². The number of anilines is 1. The zero-order valence-corrected chi connectivity index (χ0v) is 27.4. The summed E-state index contributed by atoms with van der Waals surface area (Å²) in [5.41, 5.74) is 4.38. The lowest BCUT2D eigenvalue weighted by molar-refractivity contribution is -0.141. The number of carbonyl (C=O) groups excluding carboxylic acids is 2. The van der Waals surface area contributed by atoms with Crippen LogP contribution < -0.4 is 9.62 Å². The van der Waals surface area contributed by atoms with Gasteiger partial charge >= 0.3 is 0 Å². The lowest BCUT2D eigenvalue weighted by Gasteiger charge is -2.32. The summed E-state index contributed by atoms with van der Waals surface area (Å²) in [4.78, 5) is 29.2. The monoisotopic (exact) mass is 655 g/mol. The molecule has 0 spiro atoms. The molecule has 3 aromatic carbocycles. The summed E-state index contributed by atoms with van der Waals surface area (Å²) >= 11 is 3.47. The lowest BCUT2D eigenvalue weighted by Crippen LogP contribution is -2.50. The van der Waals surface area contributed by atoms with Crippen molar-refractivity contribution in [3.05, 3.63) is 99.5 Å². The van der Waals surface area contributed by atoms with Crippen LogP contribution >= 0.6 is 15.9 Å². The smallest absolute Gasteiger partial charge is 0.243 e. The van der Waals surface area contributed by atoms with Gasteiger partial charge in [-0.05, 0) is 73.2 Å². The van der Waals surface area contributed by atoms with E-state index in [9.17, 15) is 18.0 Å². The van der Waals surface area contributed by atoms with E-state index in [2.05, 4.69) is 28.2 Å². The molecule has 42 heavy (non-hydrogen) atoms. The summed E-state index contributed by atoms with van der Waals surface area (Å²) in [5, 5.41) is 3.03. The number of unbranched alkanes of at least 4 members (excludes halogenated alkanes) is 1. The molecule has 1 N–H and O–H groups in total. The number of rotatable bonds is 15. The highest BCUT2D eigenvalue weighted by Gasteiger charge is 2.30. The lowest BCUT2D eigenvalue weighted by atomic mass is 10.0. The Morgan fingerprint density at radius 2 is 1.55 bits per heavy atom. The predicted molar refractivity (Wildman–Crippen MR) is 174 cm³/mol. The number of benzene rings is 3. The number of nitrogens with one attached hydrogen (secondary N) is 1. The number of amides is 2. The van der Waals surface area contributed by atoms with E-state index in [-0.39, 0.29) is 31.3 Å². The molecule has 9 heteroatoms. The molecule has 1 atom stereocenters. The van der Waals surface area contributed by atoms with E-state index in [1.807, 2.05) is 86.6 Å². The molecule has 0 saturated carbocycles. The van der Waals surface area contributed by atoms with Crippen molar-refractivity contribution in [3.63, 3.8) is 0 Å². The molecule has 0 aliphatic heterocycles. The zero-order chi connectivity index (χ0) is 30.7. The fraction of sp³-hybridized carbons (Fsp3) is 0.394. The van der Waals surface area contributed by atoms with E-state index in [0.717, 1.165) is 39.6 Å². The highest BCUT2D eigenvalue weighted by atomic mass is 79.9. The predicted octanol–water partition coefficient (Wildman–Crippen LogP) is 6.17. The summed E-state index contributed by atoms with van der Waals surface area (Å²) in [6, 6.07) is 22.4.